The molecule has 1 rings (SSSR count). The molecule has 2 unspecified atom stereocenters. The predicted molar refractivity (Wildman–Crippen MR) is 72.6 cm³/mol. The molecule has 0 aliphatic carbocycles. The summed E-state index contributed by atoms with van der Waals surface area (Å²) in [4.78, 5) is 13.2. The van der Waals surface area contributed by atoms with Gasteiger partial charge in [0, 0.05) is 6.04 Å². The molecule has 0 bridgehead atoms. The molecule has 4 heteroatoms. The minimum absolute atomic E-state index is 0.212. The van der Waals surface area contributed by atoms with Gasteiger partial charge in [-0.25, -0.2) is 0 Å². The van der Waals surface area contributed by atoms with Crippen LogP contribution in [-0.2, 0) is 11.2 Å². The molecule has 4 nitrogen and oxygen atoms in total. The third-order valence-corrected chi connectivity index (χ3v) is 3.43. The molecule has 0 fully saturated rings. The molecule has 0 saturated carbocycles. The molecule has 2 N–H and O–H groups in total. The molecule has 1 aromatic rings. The van der Waals surface area contributed by atoms with Gasteiger partial charge in [0.1, 0.15) is 5.75 Å². The van der Waals surface area contributed by atoms with Crippen molar-refractivity contribution in [2.75, 3.05) is 14.2 Å². The number of primary amides is 1. The second-order valence-electron chi connectivity index (χ2n) is 4.61. The fraction of sp³-hybridized carbons (Fsp3) is 0.500. The molecular weight excluding hydrogens is 228 g/mol. The summed E-state index contributed by atoms with van der Waals surface area (Å²) in [6.45, 7) is 3.90. The van der Waals surface area contributed by atoms with Gasteiger partial charge < -0.3 is 10.5 Å². The number of hydrogen-bond acceptors (Lipinski definition) is 3. The Kier molecular flexibility index (Phi) is 5.16. The maximum absolute atomic E-state index is 11.2. The van der Waals surface area contributed by atoms with E-state index < -0.39 is 0 Å². The molecule has 0 aliphatic heterocycles. The summed E-state index contributed by atoms with van der Waals surface area (Å²) in [5.41, 5.74) is 6.45. The lowest BCUT2D eigenvalue weighted by atomic mass is 10.0. The Hall–Kier alpha value is -1.55. The first-order valence-electron chi connectivity index (χ1n) is 6.10. The average molecular weight is 250 g/mol. The molecule has 1 amide bonds. The molecule has 18 heavy (non-hydrogen) atoms. The SMILES string of the molecule is COc1ccccc1CC(C)N(C)C(C)C(N)=O. The van der Waals surface area contributed by atoms with Gasteiger partial charge in [-0.3, -0.25) is 9.69 Å². The van der Waals surface area contributed by atoms with Crippen LogP contribution in [0.5, 0.6) is 5.75 Å². The number of rotatable bonds is 6. The number of carbonyl (C=O) groups is 1. The van der Waals surface area contributed by atoms with E-state index in [1.807, 2.05) is 43.1 Å². The number of amides is 1. The molecule has 1 aromatic carbocycles. The van der Waals surface area contributed by atoms with E-state index in [9.17, 15) is 4.79 Å². The van der Waals surface area contributed by atoms with Crippen LogP contribution in [-0.4, -0.2) is 37.0 Å². The Balaban J connectivity index is 2.75. The topological polar surface area (TPSA) is 55.6 Å². The minimum atomic E-state index is -0.302. The Morgan fingerprint density at radius 1 is 1.39 bits per heavy atom. The Labute approximate surface area is 109 Å². The van der Waals surface area contributed by atoms with Crippen molar-refractivity contribution < 1.29 is 9.53 Å². The van der Waals surface area contributed by atoms with Gasteiger partial charge in [0.25, 0.3) is 0 Å². The first-order valence-corrected chi connectivity index (χ1v) is 6.10. The van der Waals surface area contributed by atoms with Gasteiger partial charge in [-0.05, 0) is 38.9 Å². The van der Waals surface area contributed by atoms with Crippen LogP contribution in [0, 0.1) is 0 Å². The van der Waals surface area contributed by atoms with Gasteiger partial charge in [0.05, 0.1) is 13.2 Å². The fourth-order valence-electron chi connectivity index (χ4n) is 1.92. The number of methoxy groups -OCH3 is 1. The van der Waals surface area contributed by atoms with Crippen LogP contribution in [0.25, 0.3) is 0 Å². The van der Waals surface area contributed by atoms with Crippen molar-refractivity contribution in [3.8, 4) is 5.75 Å². The fourth-order valence-corrected chi connectivity index (χ4v) is 1.92. The van der Waals surface area contributed by atoms with E-state index in [-0.39, 0.29) is 18.0 Å². The highest BCUT2D eigenvalue weighted by atomic mass is 16.5. The number of carbonyl (C=O) groups excluding carboxylic acids is 1. The zero-order valence-corrected chi connectivity index (χ0v) is 11.5. The molecule has 0 aliphatic rings. The van der Waals surface area contributed by atoms with Crippen molar-refractivity contribution in [3.05, 3.63) is 29.8 Å². The Morgan fingerprint density at radius 2 is 2.00 bits per heavy atom. The molecular formula is C14H22N2O2. The zero-order valence-electron chi connectivity index (χ0n) is 11.5. The van der Waals surface area contributed by atoms with Crippen LogP contribution < -0.4 is 10.5 Å². The van der Waals surface area contributed by atoms with Gasteiger partial charge in [-0.1, -0.05) is 18.2 Å². The summed E-state index contributed by atoms with van der Waals surface area (Å²) >= 11 is 0. The summed E-state index contributed by atoms with van der Waals surface area (Å²) in [6.07, 6.45) is 0.818. The first-order chi connectivity index (χ1) is 8.47. The normalized spacial score (nSPS) is 14.3. The number of nitrogens with two attached hydrogens (primary N) is 1. The number of para-hydroxylation sites is 1. The number of benzene rings is 1. The van der Waals surface area contributed by atoms with Crippen molar-refractivity contribution in [2.45, 2.75) is 32.4 Å². The van der Waals surface area contributed by atoms with Gasteiger partial charge in [-0.15, -0.1) is 0 Å². The molecule has 0 radical (unpaired) electrons. The van der Waals surface area contributed by atoms with E-state index in [0.717, 1.165) is 17.7 Å². The summed E-state index contributed by atoms with van der Waals surface area (Å²) in [5, 5.41) is 0. The highest BCUT2D eigenvalue weighted by molar-refractivity contribution is 5.79. The largest absolute Gasteiger partial charge is 0.496 e. The number of nitrogens with zero attached hydrogens (tertiary/aromatic N) is 1. The molecule has 0 heterocycles. The van der Waals surface area contributed by atoms with E-state index >= 15 is 0 Å². The molecule has 2 atom stereocenters. The lowest BCUT2D eigenvalue weighted by Gasteiger charge is -2.29. The first kappa shape index (κ1) is 14.5. The van der Waals surface area contributed by atoms with Crippen LogP contribution in [0.4, 0.5) is 0 Å². The van der Waals surface area contributed by atoms with E-state index in [2.05, 4.69) is 6.92 Å². The Morgan fingerprint density at radius 3 is 2.56 bits per heavy atom. The molecule has 0 aromatic heterocycles. The van der Waals surface area contributed by atoms with Gasteiger partial charge in [-0.2, -0.15) is 0 Å². The number of likely N-dealkylation sites (N-methyl/N-ethyl adjacent to an activating group) is 1. The van der Waals surface area contributed by atoms with E-state index in [1.165, 1.54) is 0 Å². The maximum Gasteiger partial charge on any atom is 0.234 e. The van der Waals surface area contributed by atoms with Crippen LogP contribution in [0.1, 0.15) is 19.4 Å². The zero-order chi connectivity index (χ0) is 13.7. The third kappa shape index (κ3) is 3.47. The Bertz CT molecular complexity index is 407. The number of ether oxygens (including phenoxy) is 1. The van der Waals surface area contributed by atoms with Gasteiger partial charge in [0.2, 0.25) is 5.91 Å². The monoisotopic (exact) mass is 250 g/mol. The smallest absolute Gasteiger partial charge is 0.234 e. The van der Waals surface area contributed by atoms with E-state index in [1.54, 1.807) is 7.11 Å². The average Bonchev–Trinajstić information content (AvgIpc) is 2.37. The summed E-state index contributed by atoms with van der Waals surface area (Å²) in [5.74, 6) is 0.578. The highest BCUT2D eigenvalue weighted by Crippen LogP contribution is 2.20. The van der Waals surface area contributed by atoms with Crippen molar-refractivity contribution >= 4 is 5.91 Å². The maximum atomic E-state index is 11.2. The lowest BCUT2D eigenvalue weighted by Crippen LogP contribution is -2.45. The van der Waals surface area contributed by atoms with Crippen LogP contribution >= 0.6 is 0 Å². The second kappa shape index (κ2) is 6.40. The standard InChI is InChI=1S/C14H22N2O2/c1-10(16(3)11(2)14(15)17)9-12-7-5-6-8-13(12)18-4/h5-8,10-11H,9H2,1-4H3,(H2,15,17). The van der Waals surface area contributed by atoms with Crippen molar-refractivity contribution in [3.63, 3.8) is 0 Å². The van der Waals surface area contributed by atoms with Crippen LogP contribution in [0.3, 0.4) is 0 Å². The summed E-state index contributed by atoms with van der Waals surface area (Å²) < 4.78 is 5.32. The minimum Gasteiger partial charge on any atom is -0.496 e. The van der Waals surface area contributed by atoms with Gasteiger partial charge in [0.15, 0.2) is 0 Å². The summed E-state index contributed by atoms with van der Waals surface area (Å²) in [7, 11) is 3.58. The third-order valence-electron chi connectivity index (χ3n) is 3.43. The molecule has 0 spiro atoms. The van der Waals surface area contributed by atoms with Crippen molar-refractivity contribution in [1.82, 2.24) is 4.90 Å². The molecule has 0 saturated heterocycles. The van der Waals surface area contributed by atoms with Crippen LogP contribution in [0.15, 0.2) is 24.3 Å². The second-order valence-corrected chi connectivity index (χ2v) is 4.61. The van der Waals surface area contributed by atoms with Crippen LogP contribution in [0.2, 0.25) is 0 Å². The number of hydrogen-bond donors (Lipinski definition) is 1. The van der Waals surface area contributed by atoms with Crippen molar-refractivity contribution in [2.24, 2.45) is 5.73 Å². The quantitative estimate of drug-likeness (QED) is 0.831. The summed E-state index contributed by atoms with van der Waals surface area (Å²) in [6, 6.07) is 7.86. The van der Waals surface area contributed by atoms with E-state index in [0.29, 0.717) is 0 Å². The predicted octanol–water partition coefficient (Wildman–Crippen LogP) is 1.43. The van der Waals surface area contributed by atoms with E-state index in [4.69, 9.17) is 10.5 Å². The lowest BCUT2D eigenvalue weighted by molar-refractivity contribution is -0.122. The molecule has 100 valence electrons. The van der Waals surface area contributed by atoms with Crippen molar-refractivity contribution in [1.29, 1.82) is 0 Å². The van der Waals surface area contributed by atoms with Gasteiger partial charge >= 0.3 is 0 Å². The highest BCUT2D eigenvalue weighted by Gasteiger charge is 2.20.